The number of rotatable bonds is 8. The van der Waals surface area contributed by atoms with Crippen LogP contribution in [-0.2, 0) is 19.4 Å². The van der Waals surface area contributed by atoms with Gasteiger partial charge in [-0.25, -0.2) is 15.0 Å². The third kappa shape index (κ3) is 4.15. The molecular weight excluding hydrogens is 284 g/mol. The first kappa shape index (κ1) is 15.7. The number of aryl methyl sites for hydroxylation is 3. The van der Waals surface area contributed by atoms with Gasteiger partial charge < -0.3 is 4.57 Å². The molecule has 2 heterocycles. The van der Waals surface area contributed by atoms with E-state index < -0.39 is 0 Å². The van der Waals surface area contributed by atoms with Crippen LogP contribution in [0.5, 0.6) is 0 Å². The Hall–Kier alpha value is -2.23. The molecular formula is C19H23N4. The van der Waals surface area contributed by atoms with Crippen molar-refractivity contribution < 1.29 is 0 Å². The summed E-state index contributed by atoms with van der Waals surface area (Å²) in [4.78, 5) is 13.3. The van der Waals surface area contributed by atoms with Crippen LogP contribution in [0.3, 0.4) is 0 Å². The average Bonchev–Trinajstić information content (AvgIpc) is 3.00. The molecule has 0 amide bonds. The minimum absolute atomic E-state index is 0.772. The fourth-order valence-electron chi connectivity index (χ4n) is 2.70. The van der Waals surface area contributed by atoms with Crippen molar-refractivity contribution in [2.45, 2.75) is 52.0 Å². The summed E-state index contributed by atoms with van der Waals surface area (Å²) in [6.07, 6.45) is 11.5. The van der Waals surface area contributed by atoms with Gasteiger partial charge in [0.05, 0.1) is 6.33 Å². The maximum absolute atomic E-state index is 4.67. The van der Waals surface area contributed by atoms with Crippen molar-refractivity contribution in [3.8, 4) is 0 Å². The van der Waals surface area contributed by atoms with Crippen LogP contribution >= 0.6 is 0 Å². The molecule has 0 aliphatic carbocycles. The molecule has 0 aliphatic heterocycles. The molecule has 1 aromatic carbocycles. The van der Waals surface area contributed by atoms with Gasteiger partial charge in [-0.05, 0) is 31.2 Å². The summed E-state index contributed by atoms with van der Waals surface area (Å²) in [7, 11) is 0. The third-order valence-electron chi connectivity index (χ3n) is 4.05. The average molecular weight is 307 g/mol. The summed E-state index contributed by atoms with van der Waals surface area (Å²) in [5.41, 5.74) is 3.10. The van der Waals surface area contributed by atoms with Crippen molar-refractivity contribution in [2.75, 3.05) is 0 Å². The zero-order valence-electron chi connectivity index (χ0n) is 13.7. The highest BCUT2D eigenvalue weighted by Crippen LogP contribution is 2.12. The zero-order chi connectivity index (χ0) is 15.9. The summed E-state index contributed by atoms with van der Waals surface area (Å²) < 4.78 is 2.13. The third-order valence-corrected chi connectivity index (χ3v) is 4.05. The number of unbranched alkanes of at least 4 members (excludes halogenated alkanes) is 2. The maximum Gasteiger partial charge on any atom is 0.164 e. The van der Waals surface area contributed by atoms with Crippen LogP contribution in [-0.4, -0.2) is 19.5 Å². The second kappa shape index (κ2) is 7.86. The molecule has 3 aromatic rings. The van der Waals surface area contributed by atoms with Gasteiger partial charge in [0.1, 0.15) is 17.5 Å². The molecule has 0 saturated carbocycles. The maximum atomic E-state index is 4.67. The van der Waals surface area contributed by atoms with Gasteiger partial charge in [-0.1, -0.05) is 43.7 Å². The molecule has 3 rings (SSSR count). The van der Waals surface area contributed by atoms with Crippen LogP contribution in [0, 0.1) is 6.20 Å². The van der Waals surface area contributed by atoms with E-state index in [1.807, 2.05) is 6.33 Å². The smallest absolute Gasteiger partial charge is 0.164 e. The van der Waals surface area contributed by atoms with E-state index in [9.17, 15) is 0 Å². The van der Waals surface area contributed by atoms with Crippen LogP contribution in [0.1, 0.15) is 44.0 Å². The van der Waals surface area contributed by atoms with Crippen molar-refractivity contribution in [3.63, 3.8) is 0 Å². The van der Waals surface area contributed by atoms with Crippen LogP contribution in [0.15, 0.2) is 36.7 Å². The molecule has 0 atom stereocenters. The number of benzene rings is 1. The lowest BCUT2D eigenvalue weighted by molar-refractivity contribution is 0.616. The van der Waals surface area contributed by atoms with E-state index >= 15 is 0 Å². The number of hydrogen-bond donors (Lipinski definition) is 0. The van der Waals surface area contributed by atoms with Gasteiger partial charge in [0, 0.05) is 13.0 Å². The summed E-state index contributed by atoms with van der Waals surface area (Å²) in [5.74, 6) is 0.880. The summed E-state index contributed by atoms with van der Waals surface area (Å²) in [6, 6.07) is 10.6. The second-order valence-corrected chi connectivity index (χ2v) is 5.91. The van der Waals surface area contributed by atoms with Crippen molar-refractivity contribution in [3.05, 3.63) is 54.2 Å². The molecule has 0 fully saturated rings. The largest absolute Gasteiger partial charge is 0.315 e. The summed E-state index contributed by atoms with van der Waals surface area (Å²) >= 11 is 0. The van der Waals surface area contributed by atoms with E-state index in [4.69, 9.17) is 0 Å². The number of hydrogen-bond acceptors (Lipinski definition) is 3. The topological polar surface area (TPSA) is 43.6 Å². The van der Waals surface area contributed by atoms with Gasteiger partial charge in [0.25, 0.3) is 0 Å². The Labute approximate surface area is 137 Å². The first-order valence-corrected chi connectivity index (χ1v) is 8.50. The van der Waals surface area contributed by atoms with Gasteiger partial charge in [0.15, 0.2) is 5.65 Å². The minimum atomic E-state index is 0.772. The predicted molar refractivity (Wildman–Crippen MR) is 92.2 cm³/mol. The van der Waals surface area contributed by atoms with Crippen LogP contribution in [0.2, 0.25) is 0 Å². The number of nitrogens with zero attached hydrogens (tertiary/aromatic N) is 4. The molecule has 0 unspecified atom stereocenters. The second-order valence-electron chi connectivity index (χ2n) is 5.91. The molecule has 1 radical (unpaired) electrons. The SMILES string of the molecule is CCCCc1n[c]c2ncn(CCCCc3ccccc3)c2n1. The van der Waals surface area contributed by atoms with Gasteiger partial charge in [0.2, 0.25) is 0 Å². The molecule has 0 N–H and O–H groups in total. The van der Waals surface area contributed by atoms with Gasteiger partial charge in [-0.3, -0.25) is 0 Å². The van der Waals surface area contributed by atoms with E-state index in [-0.39, 0.29) is 0 Å². The predicted octanol–water partition coefficient (Wildman–Crippen LogP) is 3.99. The van der Waals surface area contributed by atoms with Gasteiger partial charge in [-0.2, -0.15) is 0 Å². The standard InChI is InChI=1S/C19H23N4/c1-2-3-12-18-20-14-17-19(22-18)23(15-21-17)13-8-7-11-16-9-5-4-6-10-16/h4-6,9-10,15H,2-3,7-8,11-13H2,1H3. The highest BCUT2D eigenvalue weighted by molar-refractivity contribution is 5.68. The van der Waals surface area contributed by atoms with Crippen molar-refractivity contribution in [1.82, 2.24) is 19.5 Å². The number of fused-ring (bicyclic) bond motifs is 1. The molecule has 23 heavy (non-hydrogen) atoms. The Bertz CT molecular complexity index is 733. The Morgan fingerprint density at radius 1 is 1.04 bits per heavy atom. The van der Waals surface area contributed by atoms with Crippen molar-refractivity contribution in [2.24, 2.45) is 0 Å². The first-order valence-electron chi connectivity index (χ1n) is 8.50. The molecule has 2 aromatic heterocycles. The highest BCUT2D eigenvalue weighted by atomic mass is 15.1. The Morgan fingerprint density at radius 3 is 2.74 bits per heavy atom. The Morgan fingerprint density at radius 2 is 1.91 bits per heavy atom. The molecule has 4 heteroatoms. The molecule has 119 valence electrons. The summed E-state index contributed by atoms with van der Waals surface area (Å²) in [5, 5.41) is 0. The van der Waals surface area contributed by atoms with Crippen LogP contribution in [0.4, 0.5) is 0 Å². The zero-order valence-corrected chi connectivity index (χ0v) is 13.7. The number of aromatic nitrogens is 4. The normalized spacial score (nSPS) is 11.2. The van der Waals surface area contributed by atoms with E-state index in [2.05, 4.69) is 63.0 Å². The van der Waals surface area contributed by atoms with Gasteiger partial charge >= 0.3 is 0 Å². The van der Waals surface area contributed by atoms with Crippen molar-refractivity contribution >= 4 is 11.2 Å². The monoisotopic (exact) mass is 307 g/mol. The lowest BCUT2D eigenvalue weighted by Gasteiger charge is -2.05. The minimum Gasteiger partial charge on any atom is -0.315 e. The van der Waals surface area contributed by atoms with E-state index in [0.29, 0.717) is 0 Å². The molecule has 0 bridgehead atoms. The lowest BCUT2D eigenvalue weighted by Crippen LogP contribution is -2.02. The fourth-order valence-corrected chi connectivity index (χ4v) is 2.70. The first-order chi connectivity index (χ1) is 11.4. The highest BCUT2D eigenvalue weighted by Gasteiger charge is 2.07. The van der Waals surface area contributed by atoms with Gasteiger partial charge in [-0.15, -0.1) is 0 Å². The van der Waals surface area contributed by atoms with E-state index in [1.54, 1.807) is 0 Å². The van der Waals surface area contributed by atoms with Crippen LogP contribution < -0.4 is 0 Å². The molecule has 0 aliphatic rings. The van der Waals surface area contributed by atoms with E-state index in [0.717, 1.165) is 55.6 Å². The van der Waals surface area contributed by atoms with Crippen LogP contribution in [0.25, 0.3) is 11.2 Å². The Balaban J connectivity index is 1.59. The van der Waals surface area contributed by atoms with Crippen molar-refractivity contribution in [1.29, 1.82) is 0 Å². The molecule has 4 nitrogen and oxygen atoms in total. The molecule has 0 spiro atoms. The quantitative estimate of drug-likeness (QED) is 0.591. The van der Waals surface area contributed by atoms with E-state index in [1.165, 1.54) is 12.0 Å². The Kier molecular flexibility index (Phi) is 5.35. The summed E-state index contributed by atoms with van der Waals surface area (Å²) in [6.45, 7) is 3.13. The molecule has 0 saturated heterocycles. The number of imidazole rings is 1. The fraction of sp³-hybridized carbons (Fsp3) is 0.421. The lowest BCUT2D eigenvalue weighted by atomic mass is 10.1.